The number of hydrogen-bond acceptors (Lipinski definition) is 14. The van der Waals surface area contributed by atoms with E-state index >= 15 is 0 Å². The van der Waals surface area contributed by atoms with Crippen molar-refractivity contribution in [3.8, 4) is 22.5 Å². The van der Waals surface area contributed by atoms with Crippen LogP contribution in [0.1, 0.15) is 60.0 Å². The molecule has 4 amide bonds. The summed E-state index contributed by atoms with van der Waals surface area (Å²) in [5.74, 6) is -3.25. The number of carboxylic acids is 2. The number of nitrogens with one attached hydrogen (secondary N) is 6. The van der Waals surface area contributed by atoms with E-state index < -0.39 is 41.4 Å². The van der Waals surface area contributed by atoms with Gasteiger partial charge in [-0.15, -0.1) is 0 Å². The number of anilines is 4. The Hall–Kier alpha value is -8.88. The van der Waals surface area contributed by atoms with E-state index in [1.807, 2.05) is 43.3 Å². The molecule has 0 bridgehead atoms. The fourth-order valence-electron chi connectivity index (χ4n) is 7.65. The Bertz CT molecular complexity index is 3170. The number of urea groups is 1. The smallest absolute Gasteiger partial charge is 0.336 e. The van der Waals surface area contributed by atoms with Gasteiger partial charge in [-0.2, -0.15) is 4.98 Å². The first-order valence-electron chi connectivity index (χ1n) is 22.1. The van der Waals surface area contributed by atoms with Crippen LogP contribution in [0.25, 0.3) is 44.6 Å². The number of H-pyrrole nitrogens is 1. The first-order chi connectivity index (χ1) is 33.2. The zero-order valence-electron chi connectivity index (χ0n) is 37.9. The molecule has 21 heteroatoms. The first kappa shape index (κ1) is 48.1. The SMILES string of the molecule is CC/N=c1/ccc2c(-c3ccc(NC(=O)NCCNC(=O)CC[C@H](NC(=O)c4ccc(NCc5cnc6nc(N)[nH]c(=O)c6n5)cc4)C(=O)O)cc3C(=O)O)c3ccc(N(CC)CC)cc3oc-2c1. The summed E-state index contributed by atoms with van der Waals surface area (Å²) in [5.41, 5.74) is 9.84. The number of hydrogen-bond donors (Lipinski definition) is 9. The number of nitrogens with zero attached hydrogens (tertiary/aromatic N) is 5. The summed E-state index contributed by atoms with van der Waals surface area (Å²) in [7, 11) is 0. The number of aromatic nitrogens is 4. The molecule has 3 aromatic carbocycles. The highest BCUT2D eigenvalue weighted by Crippen LogP contribution is 2.42. The molecule has 1 aliphatic carbocycles. The number of aromatic carboxylic acids is 1. The van der Waals surface area contributed by atoms with Crippen LogP contribution in [0.4, 0.5) is 27.8 Å². The van der Waals surface area contributed by atoms with E-state index in [0.29, 0.717) is 51.3 Å². The molecular weight excluding hydrogens is 889 g/mol. The number of amides is 4. The van der Waals surface area contributed by atoms with E-state index in [9.17, 15) is 39.0 Å². The number of aromatic amines is 1. The van der Waals surface area contributed by atoms with Crippen LogP contribution in [0, 0.1) is 0 Å². The van der Waals surface area contributed by atoms with Gasteiger partial charge in [-0.1, -0.05) is 6.07 Å². The molecule has 0 radical (unpaired) electrons. The standard InChI is InChI=1S/C48H50N12O9/c1-4-50-28-11-15-33-37(22-28)69-38-23-31(60(5-2)6-3)13-16-34(38)40(33)32-14-12-29(21-35(32)45(64)65)56-48(68)52-20-19-51-39(61)18-17-36(46(66)67)57-43(62)26-7-9-27(10-8-26)53-24-30-25-54-42-41(55-30)44(63)59-47(49)58-42/h7-16,21-23,25,36,53H,4-6,17-20,24H2,1-3H3,(H,51,61)(H,57,62)(H,64,65)(H,66,67)(H2,52,56,68)(H3,49,54,58,59,63)/b50-28-/t36-/m0/s1. The number of carbonyl (C=O) groups excluding carboxylic acids is 3. The molecule has 0 saturated heterocycles. The number of benzene rings is 4. The number of carbonyl (C=O) groups is 5. The van der Waals surface area contributed by atoms with Crippen LogP contribution in [-0.2, 0) is 16.1 Å². The Balaban J connectivity index is 0.908. The molecule has 0 saturated carbocycles. The molecule has 2 aliphatic rings. The summed E-state index contributed by atoms with van der Waals surface area (Å²) in [6.07, 6.45) is 0.993. The number of carboxylic acid groups (broad SMARTS) is 2. The van der Waals surface area contributed by atoms with Crippen LogP contribution < -0.4 is 48.1 Å². The van der Waals surface area contributed by atoms with E-state index in [2.05, 4.69) is 70.3 Å². The molecule has 1 atom stereocenters. The monoisotopic (exact) mass is 938 g/mol. The molecule has 10 N–H and O–H groups in total. The van der Waals surface area contributed by atoms with Crippen LogP contribution in [0.5, 0.6) is 0 Å². The Morgan fingerprint density at radius 2 is 1.61 bits per heavy atom. The van der Waals surface area contributed by atoms with Crippen molar-refractivity contribution in [3.63, 3.8) is 0 Å². The molecule has 69 heavy (non-hydrogen) atoms. The van der Waals surface area contributed by atoms with Gasteiger partial charge in [0.05, 0.1) is 29.4 Å². The van der Waals surface area contributed by atoms with Gasteiger partial charge in [0, 0.05) is 90.4 Å². The Kier molecular flexibility index (Phi) is 15.1. The molecule has 3 heterocycles. The van der Waals surface area contributed by atoms with Gasteiger partial charge >= 0.3 is 18.0 Å². The van der Waals surface area contributed by atoms with E-state index in [1.165, 1.54) is 24.4 Å². The van der Waals surface area contributed by atoms with Crippen molar-refractivity contribution < 1.29 is 38.6 Å². The topological polar surface area (TPSA) is 312 Å². The van der Waals surface area contributed by atoms with Crippen LogP contribution in [0.15, 0.2) is 99.3 Å². The van der Waals surface area contributed by atoms with Crippen molar-refractivity contribution in [1.29, 1.82) is 0 Å². The quantitative estimate of drug-likeness (QED) is 0.0389. The number of nitrogen functional groups attached to an aromatic ring is 1. The van der Waals surface area contributed by atoms with Gasteiger partial charge in [-0.25, -0.2) is 24.4 Å². The largest absolute Gasteiger partial charge is 0.480 e. The van der Waals surface area contributed by atoms with E-state index in [0.717, 1.165) is 24.1 Å². The second-order valence-corrected chi connectivity index (χ2v) is 15.6. The van der Waals surface area contributed by atoms with Crippen molar-refractivity contribution in [3.05, 3.63) is 118 Å². The summed E-state index contributed by atoms with van der Waals surface area (Å²) < 4.78 is 6.43. The van der Waals surface area contributed by atoms with Crippen molar-refractivity contribution in [2.24, 2.45) is 4.99 Å². The van der Waals surface area contributed by atoms with Gasteiger partial charge in [0.1, 0.15) is 17.4 Å². The highest BCUT2D eigenvalue weighted by molar-refractivity contribution is 6.09. The lowest BCUT2D eigenvalue weighted by molar-refractivity contribution is -0.139. The van der Waals surface area contributed by atoms with Crippen molar-refractivity contribution in [2.45, 2.75) is 46.2 Å². The lowest BCUT2D eigenvalue weighted by Crippen LogP contribution is -2.42. The van der Waals surface area contributed by atoms with E-state index in [-0.39, 0.29) is 66.4 Å². The highest BCUT2D eigenvalue weighted by atomic mass is 16.4. The van der Waals surface area contributed by atoms with Gasteiger partial charge in [0.15, 0.2) is 11.2 Å². The van der Waals surface area contributed by atoms with Crippen LogP contribution in [0.3, 0.4) is 0 Å². The minimum absolute atomic E-state index is 0.00342. The number of fused-ring (bicyclic) bond motifs is 3. The third kappa shape index (κ3) is 11.6. The fourth-order valence-corrected chi connectivity index (χ4v) is 7.65. The molecule has 356 valence electrons. The normalized spacial score (nSPS) is 11.8. The zero-order chi connectivity index (χ0) is 49.2. The van der Waals surface area contributed by atoms with Gasteiger partial charge in [0.2, 0.25) is 11.9 Å². The van der Waals surface area contributed by atoms with Gasteiger partial charge in [0.25, 0.3) is 11.5 Å². The molecule has 0 fully saturated rings. The van der Waals surface area contributed by atoms with E-state index in [4.69, 9.17) is 10.2 Å². The maximum Gasteiger partial charge on any atom is 0.336 e. The zero-order valence-corrected chi connectivity index (χ0v) is 37.9. The lowest BCUT2D eigenvalue weighted by Gasteiger charge is -2.22. The lowest BCUT2D eigenvalue weighted by atomic mass is 9.90. The maximum atomic E-state index is 12.9. The second kappa shape index (κ2) is 21.6. The van der Waals surface area contributed by atoms with Gasteiger partial charge in [-0.3, -0.25) is 24.4 Å². The molecule has 7 rings (SSSR count). The minimum atomic E-state index is -1.37. The third-order valence-electron chi connectivity index (χ3n) is 11.0. The first-order valence-corrected chi connectivity index (χ1v) is 22.1. The summed E-state index contributed by atoms with van der Waals surface area (Å²) in [6.45, 7) is 8.38. The molecule has 0 unspecified atom stereocenters. The van der Waals surface area contributed by atoms with Crippen molar-refractivity contribution >= 4 is 74.9 Å². The summed E-state index contributed by atoms with van der Waals surface area (Å²) in [5, 5.41) is 35.1. The maximum absolute atomic E-state index is 12.9. The van der Waals surface area contributed by atoms with E-state index in [1.54, 1.807) is 24.3 Å². The Morgan fingerprint density at radius 3 is 2.33 bits per heavy atom. The number of aliphatic carboxylic acids is 1. The molecule has 1 aliphatic heterocycles. The summed E-state index contributed by atoms with van der Waals surface area (Å²) in [4.78, 5) is 96.8. The molecule has 21 nitrogen and oxygen atoms in total. The highest BCUT2D eigenvalue weighted by Gasteiger charge is 2.24. The average Bonchev–Trinajstić information content (AvgIpc) is 3.33. The van der Waals surface area contributed by atoms with Gasteiger partial charge in [-0.05, 0) is 93.4 Å². The van der Waals surface area contributed by atoms with Crippen LogP contribution >= 0.6 is 0 Å². The Morgan fingerprint density at radius 1 is 0.870 bits per heavy atom. The molecule has 2 aromatic heterocycles. The predicted octanol–water partition coefficient (Wildman–Crippen LogP) is 4.79. The molecular formula is C48H50N12O9. The number of rotatable bonds is 19. The van der Waals surface area contributed by atoms with Gasteiger partial charge < -0.3 is 51.8 Å². The van der Waals surface area contributed by atoms with Crippen LogP contribution in [0.2, 0.25) is 0 Å². The fraction of sp³-hybridized carbons (Fsp3) is 0.250. The summed E-state index contributed by atoms with van der Waals surface area (Å²) in [6, 6.07) is 20.2. The Labute approximate surface area is 393 Å². The van der Waals surface area contributed by atoms with Crippen molar-refractivity contribution in [2.75, 3.05) is 54.0 Å². The minimum Gasteiger partial charge on any atom is -0.480 e. The van der Waals surface area contributed by atoms with Crippen molar-refractivity contribution in [1.82, 2.24) is 35.9 Å². The third-order valence-corrected chi connectivity index (χ3v) is 11.0. The van der Waals surface area contributed by atoms with Crippen LogP contribution in [-0.4, -0.2) is 98.7 Å². The summed E-state index contributed by atoms with van der Waals surface area (Å²) >= 11 is 0. The molecule has 5 aromatic rings. The predicted molar refractivity (Wildman–Crippen MR) is 259 cm³/mol. The molecule has 0 spiro atoms. The average molecular weight is 939 g/mol. The second-order valence-electron chi connectivity index (χ2n) is 15.6. The number of nitrogens with two attached hydrogens (primary N) is 1.